The summed E-state index contributed by atoms with van der Waals surface area (Å²) in [6.45, 7) is -0.0533. The van der Waals surface area contributed by atoms with E-state index in [1.54, 1.807) is 0 Å². The zero-order chi connectivity index (χ0) is 14.5. The molecule has 0 aliphatic carbocycles. The summed E-state index contributed by atoms with van der Waals surface area (Å²) < 4.78 is 35.8. The van der Waals surface area contributed by atoms with E-state index in [9.17, 15) is 18.4 Å². The van der Waals surface area contributed by atoms with Crippen LogP contribution in [0.4, 0.5) is 14.5 Å². The highest BCUT2D eigenvalue weighted by molar-refractivity contribution is 5.93. The molecule has 1 amide bonds. The third kappa shape index (κ3) is 3.74. The molecule has 1 aromatic carbocycles. The van der Waals surface area contributed by atoms with Crippen LogP contribution < -0.4 is 5.32 Å². The molecule has 0 spiro atoms. The van der Waals surface area contributed by atoms with Gasteiger partial charge in [0.25, 0.3) is 5.91 Å². The molecule has 2 rings (SSSR count). The summed E-state index contributed by atoms with van der Waals surface area (Å²) >= 11 is 0. The molecule has 20 heavy (non-hydrogen) atoms. The molecule has 5 nitrogen and oxygen atoms in total. The smallest absolute Gasteiger partial charge is 0.335 e. The monoisotopic (exact) mass is 285 g/mol. The van der Waals surface area contributed by atoms with E-state index in [0.29, 0.717) is 19.1 Å². The third-order valence-electron chi connectivity index (χ3n) is 2.74. The van der Waals surface area contributed by atoms with Gasteiger partial charge in [0.2, 0.25) is 0 Å². The van der Waals surface area contributed by atoms with E-state index in [-0.39, 0.29) is 5.69 Å². The van der Waals surface area contributed by atoms with Crippen LogP contribution in [-0.4, -0.2) is 31.2 Å². The fourth-order valence-corrected chi connectivity index (χ4v) is 1.77. The van der Waals surface area contributed by atoms with E-state index in [1.807, 2.05) is 0 Å². The van der Waals surface area contributed by atoms with E-state index >= 15 is 0 Å². The second-order valence-electron chi connectivity index (χ2n) is 4.28. The van der Waals surface area contributed by atoms with Crippen LogP contribution >= 0.6 is 0 Å². The maximum atomic E-state index is 13.3. The minimum absolute atomic E-state index is 0.176. The fourth-order valence-electron chi connectivity index (χ4n) is 1.77. The van der Waals surface area contributed by atoms with Gasteiger partial charge in [-0.15, -0.1) is 0 Å². The van der Waals surface area contributed by atoms with Gasteiger partial charge in [-0.1, -0.05) is 0 Å². The Morgan fingerprint density at radius 2 is 2.20 bits per heavy atom. The number of carbonyl (C=O) groups excluding carboxylic acids is 2. The highest BCUT2D eigenvalue weighted by Crippen LogP contribution is 2.15. The lowest BCUT2D eigenvalue weighted by molar-refractivity contribution is -0.156. The summed E-state index contributed by atoms with van der Waals surface area (Å²) in [6.07, 6.45) is 0.699. The number of halogens is 2. The van der Waals surface area contributed by atoms with E-state index in [0.717, 1.165) is 18.6 Å². The molecule has 0 unspecified atom stereocenters. The van der Waals surface area contributed by atoms with Crippen molar-refractivity contribution in [2.45, 2.75) is 18.9 Å². The molecule has 0 bridgehead atoms. The lowest BCUT2D eigenvalue weighted by atomic mass is 10.2. The molecule has 1 aromatic rings. The summed E-state index contributed by atoms with van der Waals surface area (Å²) in [6, 6.07) is 2.75. The molecule has 0 aromatic heterocycles. The lowest BCUT2D eigenvalue weighted by Crippen LogP contribution is -2.27. The number of nitrogens with one attached hydrogen (secondary N) is 1. The first-order valence-corrected chi connectivity index (χ1v) is 6.09. The first-order valence-electron chi connectivity index (χ1n) is 6.09. The normalized spacial score (nSPS) is 17.8. The van der Waals surface area contributed by atoms with Crippen molar-refractivity contribution in [2.75, 3.05) is 18.5 Å². The molecule has 1 N–H and O–H groups in total. The summed E-state index contributed by atoms with van der Waals surface area (Å²) in [5.41, 5.74) is -0.176. The number of benzene rings is 1. The average molecular weight is 285 g/mol. The highest BCUT2D eigenvalue weighted by Gasteiger charge is 2.25. The zero-order valence-electron chi connectivity index (χ0n) is 10.5. The second-order valence-corrected chi connectivity index (χ2v) is 4.28. The molecule has 7 heteroatoms. The zero-order valence-corrected chi connectivity index (χ0v) is 10.5. The Balaban J connectivity index is 1.81. The second kappa shape index (κ2) is 6.42. The van der Waals surface area contributed by atoms with Crippen molar-refractivity contribution in [1.29, 1.82) is 0 Å². The first-order chi connectivity index (χ1) is 9.56. The van der Waals surface area contributed by atoms with Crippen molar-refractivity contribution in [3.05, 3.63) is 29.8 Å². The molecular weight excluding hydrogens is 272 g/mol. The number of ether oxygens (including phenoxy) is 2. The molecule has 1 atom stereocenters. The predicted octanol–water partition coefficient (Wildman–Crippen LogP) is 1.63. The molecule has 1 aliphatic rings. The number of rotatable bonds is 4. The molecule has 1 fully saturated rings. The van der Waals surface area contributed by atoms with E-state index in [2.05, 4.69) is 5.32 Å². The van der Waals surface area contributed by atoms with Gasteiger partial charge in [0, 0.05) is 12.7 Å². The Labute approximate surface area is 113 Å². The van der Waals surface area contributed by atoms with Gasteiger partial charge in [-0.25, -0.2) is 13.6 Å². The molecule has 1 saturated heterocycles. The standard InChI is InChI=1S/C13H13F2NO4/c14-8-3-4-10(9(15)6-8)16-12(17)7-20-13(18)11-2-1-5-19-11/h3-4,6,11H,1-2,5,7H2,(H,16,17)/t11-/m0/s1. The summed E-state index contributed by atoms with van der Waals surface area (Å²) in [7, 11) is 0. The van der Waals surface area contributed by atoms with Crippen LogP contribution in [0.5, 0.6) is 0 Å². The number of carbonyl (C=O) groups is 2. The van der Waals surface area contributed by atoms with Crippen molar-refractivity contribution in [2.24, 2.45) is 0 Å². The van der Waals surface area contributed by atoms with Crippen LogP contribution in [0.2, 0.25) is 0 Å². The van der Waals surface area contributed by atoms with Crippen molar-refractivity contribution in [1.82, 2.24) is 0 Å². The van der Waals surface area contributed by atoms with Gasteiger partial charge in [0.05, 0.1) is 5.69 Å². The number of anilines is 1. The first kappa shape index (κ1) is 14.4. The van der Waals surface area contributed by atoms with Gasteiger partial charge in [-0.05, 0) is 25.0 Å². The molecule has 1 heterocycles. The Morgan fingerprint density at radius 1 is 1.40 bits per heavy atom. The Morgan fingerprint density at radius 3 is 2.85 bits per heavy atom. The van der Waals surface area contributed by atoms with Gasteiger partial charge >= 0.3 is 5.97 Å². The number of amides is 1. The quantitative estimate of drug-likeness (QED) is 0.854. The SMILES string of the molecule is O=C(COC(=O)[C@@H]1CCCO1)Nc1ccc(F)cc1F. The van der Waals surface area contributed by atoms with Crippen LogP contribution in [0.25, 0.3) is 0 Å². The van der Waals surface area contributed by atoms with Crippen LogP contribution in [0, 0.1) is 11.6 Å². The Hall–Kier alpha value is -2.02. The summed E-state index contributed by atoms with van der Waals surface area (Å²) in [5.74, 6) is -2.96. The average Bonchev–Trinajstić information content (AvgIpc) is 2.93. The van der Waals surface area contributed by atoms with Crippen LogP contribution in [-0.2, 0) is 19.1 Å². The topological polar surface area (TPSA) is 64.6 Å². The minimum Gasteiger partial charge on any atom is -0.454 e. The van der Waals surface area contributed by atoms with Crippen molar-refractivity contribution in [3.63, 3.8) is 0 Å². The number of esters is 1. The largest absolute Gasteiger partial charge is 0.454 e. The number of hydrogen-bond acceptors (Lipinski definition) is 4. The van der Waals surface area contributed by atoms with Crippen molar-refractivity contribution >= 4 is 17.6 Å². The van der Waals surface area contributed by atoms with Crippen LogP contribution in [0.3, 0.4) is 0 Å². The highest BCUT2D eigenvalue weighted by atomic mass is 19.1. The van der Waals surface area contributed by atoms with Crippen LogP contribution in [0.15, 0.2) is 18.2 Å². The van der Waals surface area contributed by atoms with Crippen LogP contribution in [0.1, 0.15) is 12.8 Å². The van der Waals surface area contributed by atoms with Gasteiger partial charge < -0.3 is 14.8 Å². The summed E-state index contributed by atoms with van der Waals surface area (Å²) in [5, 5.41) is 2.18. The maximum absolute atomic E-state index is 13.3. The molecule has 1 aliphatic heterocycles. The van der Waals surface area contributed by atoms with E-state index < -0.39 is 36.2 Å². The van der Waals surface area contributed by atoms with E-state index in [1.165, 1.54) is 0 Å². The Bertz CT molecular complexity index is 515. The van der Waals surface area contributed by atoms with E-state index in [4.69, 9.17) is 9.47 Å². The van der Waals surface area contributed by atoms with Crippen molar-refractivity contribution in [3.8, 4) is 0 Å². The van der Waals surface area contributed by atoms with Gasteiger partial charge in [0.15, 0.2) is 12.7 Å². The number of hydrogen-bond donors (Lipinski definition) is 1. The minimum atomic E-state index is -0.899. The molecule has 108 valence electrons. The maximum Gasteiger partial charge on any atom is 0.335 e. The predicted molar refractivity (Wildman–Crippen MR) is 64.9 cm³/mol. The molecule has 0 radical (unpaired) electrons. The molecule has 0 saturated carbocycles. The Kier molecular flexibility index (Phi) is 4.62. The van der Waals surface area contributed by atoms with Gasteiger partial charge in [-0.3, -0.25) is 4.79 Å². The lowest BCUT2D eigenvalue weighted by Gasteiger charge is -2.10. The summed E-state index contributed by atoms with van der Waals surface area (Å²) in [4.78, 5) is 22.9. The molecular formula is C13H13F2NO4. The van der Waals surface area contributed by atoms with Gasteiger partial charge in [-0.2, -0.15) is 0 Å². The van der Waals surface area contributed by atoms with Gasteiger partial charge in [0.1, 0.15) is 11.6 Å². The third-order valence-corrected chi connectivity index (χ3v) is 2.74. The fraction of sp³-hybridized carbons (Fsp3) is 0.385. The van der Waals surface area contributed by atoms with Crippen molar-refractivity contribution < 1.29 is 27.8 Å².